The third kappa shape index (κ3) is 5.05. The largest absolute Gasteiger partial charge is 0.273 e. The summed E-state index contributed by atoms with van der Waals surface area (Å²) in [6, 6.07) is 13.3. The Bertz CT molecular complexity index is 1240. The summed E-state index contributed by atoms with van der Waals surface area (Å²) in [7, 11) is -4.04. The minimum absolute atomic E-state index is 0.0695. The van der Waals surface area contributed by atoms with E-state index in [1.807, 2.05) is 13.0 Å². The number of carbonyl (C=O) groups excluding carboxylic acids is 1. The van der Waals surface area contributed by atoms with Gasteiger partial charge in [-0.05, 0) is 55.3 Å². The van der Waals surface area contributed by atoms with Crippen LogP contribution in [0.1, 0.15) is 32.6 Å². The Balaban J connectivity index is 1.79. The topological polar surface area (TPSA) is 88.2 Å². The van der Waals surface area contributed by atoms with Gasteiger partial charge in [-0.25, -0.2) is 8.42 Å². The first-order valence-corrected chi connectivity index (χ1v) is 10.7. The van der Waals surface area contributed by atoms with E-state index in [0.717, 1.165) is 11.1 Å². The van der Waals surface area contributed by atoms with Gasteiger partial charge in [0.25, 0.3) is 15.9 Å². The van der Waals surface area contributed by atoms with Gasteiger partial charge >= 0.3 is 0 Å². The molecule has 152 valence electrons. The van der Waals surface area contributed by atoms with E-state index in [0.29, 0.717) is 11.1 Å². The highest BCUT2D eigenvalue weighted by Crippen LogP contribution is 2.24. The Hall–Kier alpha value is -3.18. The van der Waals surface area contributed by atoms with Gasteiger partial charge in [-0.15, -0.1) is 4.83 Å². The molecule has 0 fully saturated rings. The number of hydrogen-bond acceptors (Lipinski definition) is 4. The van der Waals surface area contributed by atoms with Crippen molar-refractivity contribution in [1.82, 2.24) is 15.2 Å². The van der Waals surface area contributed by atoms with E-state index < -0.39 is 15.9 Å². The molecular weight excluding hydrogens is 422 g/mol. The van der Waals surface area contributed by atoms with E-state index >= 15 is 0 Å². The zero-order valence-electron chi connectivity index (χ0n) is 16.2. The summed E-state index contributed by atoms with van der Waals surface area (Å²) in [6.07, 6.45) is 3.30. The van der Waals surface area contributed by atoms with Gasteiger partial charge in [0.15, 0.2) is 0 Å². The molecule has 0 atom stereocenters. The standard InChI is InChI=1S/C22H18ClN3O3S/c1-15-8-10-19(13-18(15)11-9-17-6-4-12-24-14-17)22(27)25-26-30(28,29)21-16(2)5-3-7-20(21)23/h3-8,10,12-14,26H,1-2H3,(H,25,27). The van der Waals surface area contributed by atoms with Crippen LogP contribution in [-0.4, -0.2) is 19.3 Å². The molecule has 1 aromatic heterocycles. The third-order valence-corrected chi connectivity index (χ3v) is 6.11. The molecule has 3 rings (SSSR count). The molecule has 0 spiro atoms. The number of aromatic nitrogens is 1. The molecule has 2 N–H and O–H groups in total. The molecule has 3 aromatic rings. The number of carbonyl (C=O) groups is 1. The van der Waals surface area contributed by atoms with Crippen LogP contribution in [0.5, 0.6) is 0 Å². The number of amides is 1. The van der Waals surface area contributed by atoms with Crippen LogP contribution >= 0.6 is 11.6 Å². The second-order valence-electron chi connectivity index (χ2n) is 6.47. The Morgan fingerprint density at radius 2 is 1.83 bits per heavy atom. The first kappa shape index (κ1) is 21.5. The maximum atomic E-state index is 12.6. The highest BCUT2D eigenvalue weighted by atomic mass is 35.5. The van der Waals surface area contributed by atoms with Crippen LogP contribution in [0.15, 0.2) is 65.8 Å². The van der Waals surface area contributed by atoms with Crippen LogP contribution in [0.3, 0.4) is 0 Å². The highest BCUT2D eigenvalue weighted by molar-refractivity contribution is 7.89. The maximum absolute atomic E-state index is 12.6. The Labute approximate surface area is 180 Å². The molecule has 0 unspecified atom stereocenters. The molecule has 0 saturated carbocycles. The maximum Gasteiger partial charge on any atom is 0.266 e. The van der Waals surface area contributed by atoms with Crippen LogP contribution in [-0.2, 0) is 10.0 Å². The van der Waals surface area contributed by atoms with Crippen LogP contribution < -0.4 is 10.3 Å². The molecule has 0 saturated heterocycles. The lowest BCUT2D eigenvalue weighted by atomic mass is 10.0. The van der Waals surface area contributed by atoms with Crippen LogP contribution in [0.2, 0.25) is 5.02 Å². The zero-order valence-corrected chi connectivity index (χ0v) is 17.8. The van der Waals surface area contributed by atoms with Crippen LogP contribution in [0.25, 0.3) is 0 Å². The quantitative estimate of drug-likeness (QED) is 0.482. The molecule has 0 aliphatic heterocycles. The molecule has 30 heavy (non-hydrogen) atoms. The predicted octanol–water partition coefficient (Wildman–Crippen LogP) is 3.37. The summed E-state index contributed by atoms with van der Waals surface area (Å²) in [6.45, 7) is 3.49. The average Bonchev–Trinajstić information content (AvgIpc) is 2.72. The summed E-state index contributed by atoms with van der Waals surface area (Å²) < 4.78 is 25.1. The number of hydrazine groups is 1. The van der Waals surface area contributed by atoms with Gasteiger partial charge in [-0.2, -0.15) is 0 Å². The molecule has 0 aliphatic carbocycles. The van der Waals surface area contributed by atoms with Crippen molar-refractivity contribution in [2.24, 2.45) is 0 Å². The molecule has 0 bridgehead atoms. The fraction of sp³-hybridized carbons (Fsp3) is 0.0909. The van der Waals surface area contributed by atoms with Crippen LogP contribution in [0, 0.1) is 25.7 Å². The van der Waals surface area contributed by atoms with Crippen molar-refractivity contribution < 1.29 is 13.2 Å². The molecule has 6 nitrogen and oxygen atoms in total. The molecule has 0 radical (unpaired) electrons. The molecular formula is C22H18ClN3O3S. The van der Waals surface area contributed by atoms with Gasteiger partial charge in [-0.3, -0.25) is 15.2 Å². The Morgan fingerprint density at radius 1 is 1.03 bits per heavy atom. The lowest BCUT2D eigenvalue weighted by Crippen LogP contribution is -2.41. The summed E-state index contributed by atoms with van der Waals surface area (Å²) in [5.41, 5.74) is 5.22. The highest BCUT2D eigenvalue weighted by Gasteiger charge is 2.21. The number of nitrogens with zero attached hydrogens (tertiary/aromatic N) is 1. The molecule has 1 amide bonds. The van der Waals surface area contributed by atoms with Gasteiger partial charge in [-0.1, -0.05) is 41.6 Å². The molecule has 1 heterocycles. The van der Waals surface area contributed by atoms with Crippen molar-refractivity contribution in [2.75, 3.05) is 0 Å². The van der Waals surface area contributed by atoms with Crippen LogP contribution in [0.4, 0.5) is 0 Å². The van der Waals surface area contributed by atoms with Crippen molar-refractivity contribution in [3.05, 3.63) is 93.8 Å². The van der Waals surface area contributed by atoms with Gasteiger partial charge in [0.05, 0.1) is 5.02 Å². The van der Waals surface area contributed by atoms with Crippen molar-refractivity contribution in [2.45, 2.75) is 18.7 Å². The smallest absolute Gasteiger partial charge is 0.266 e. The van der Waals surface area contributed by atoms with E-state index in [1.165, 1.54) is 6.07 Å². The number of benzene rings is 2. The van der Waals surface area contributed by atoms with Gasteiger partial charge in [0, 0.05) is 29.1 Å². The number of rotatable bonds is 4. The number of hydrogen-bond donors (Lipinski definition) is 2. The molecule has 2 aromatic carbocycles. The number of aryl methyl sites for hydroxylation is 2. The summed E-state index contributed by atoms with van der Waals surface area (Å²) in [4.78, 5) is 18.5. The minimum Gasteiger partial charge on any atom is -0.273 e. The summed E-state index contributed by atoms with van der Waals surface area (Å²) >= 11 is 6.02. The van der Waals surface area contributed by atoms with Gasteiger partial charge in [0.1, 0.15) is 4.90 Å². The Morgan fingerprint density at radius 3 is 2.53 bits per heavy atom. The third-order valence-electron chi connectivity index (χ3n) is 4.23. The summed E-state index contributed by atoms with van der Waals surface area (Å²) in [5, 5.41) is 0.0695. The fourth-order valence-corrected chi connectivity index (χ4v) is 4.34. The number of halogens is 1. The zero-order chi connectivity index (χ0) is 21.7. The van der Waals surface area contributed by atoms with Gasteiger partial charge in [0.2, 0.25) is 0 Å². The number of pyridine rings is 1. The normalized spacial score (nSPS) is 10.8. The lowest BCUT2D eigenvalue weighted by molar-refractivity contribution is 0.0945. The van der Waals surface area contributed by atoms with Crippen molar-refractivity contribution >= 4 is 27.5 Å². The second-order valence-corrected chi connectivity index (χ2v) is 8.49. The van der Waals surface area contributed by atoms with Crippen molar-refractivity contribution in [3.63, 3.8) is 0 Å². The minimum atomic E-state index is -4.04. The summed E-state index contributed by atoms with van der Waals surface area (Å²) in [5.74, 6) is 5.38. The number of nitrogens with one attached hydrogen (secondary N) is 2. The monoisotopic (exact) mass is 439 g/mol. The van der Waals surface area contributed by atoms with E-state index in [4.69, 9.17) is 11.6 Å². The van der Waals surface area contributed by atoms with Crippen molar-refractivity contribution in [3.8, 4) is 11.8 Å². The lowest BCUT2D eigenvalue weighted by Gasteiger charge is -2.12. The molecule has 8 heteroatoms. The first-order chi connectivity index (χ1) is 14.3. The van der Waals surface area contributed by atoms with Gasteiger partial charge < -0.3 is 0 Å². The SMILES string of the molecule is Cc1ccc(C(=O)NNS(=O)(=O)c2c(C)cccc2Cl)cc1C#Cc1cccnc1. The number of sulfonamides is 1. The van der Waals surface area contributed by atoms with E-state index in [-0.39, 0.29) is 15.5 Å². The first-order valence-electron chi connectivity index (χ1n) is 8.88. The van der Waals surface area contributed by atoms with E-state index in [1.54, 1.807) is 55.7 Å². The second kappa shape index (κ2) is 9.09. The Kier molecular flexibility index (Phi) is 6.53. The van der Waals surface area contributed by atoms with E-state index in [2.05, 4.69) is 27.1 Å². The average molecular weight is 440 g/mol. The van der Waals surface area contributed by atoms with E-state index in [9.17, 15) is 13.2 Å². The predicted molar refractivity (Wildman–Crippen MR) is 115 cm³/mol. The fourth-order valence-electron chi connectivity index (χ4n) is 2.67. The van der Waals surface area contributed by atoms with Crippen molar-refractivity contribution in [1.29, 1.82) is 0 Å². The molecule has 0 aliphatic rings.